The zero-order chi connectivity index (χ0) is 19.4. The van der Waals surface area contributed by atoms with E-state index in [1.807, 2.05) is 0 Å². The maximum Gasteiger partial charge on any atom is 0.197 e. The summed E-state index contributed by atoms with van der Waals surface area (Å²) in [6, 6.07) is 0. The highest BCUT2D eigenvalue weighted by Crippen LogP contribution is 2.33. The van der Waals surface area contributed by atoms with Crippen molar-refractivity contribution in [2.45, 2.75) is 68.7 Å². The topological polar surface area (TPSA) is 169 Å². The van der Waals surface area contributed by atoms with Crippen molar-refractivity contribution < 1.29 is 54.3 Å². The Hall–Kier alpha value is -0.470. The van der Waals surface area contributed by atoms with Gasteiger partial charge in [0.25, 0.3) is 0 Å². The Kier molecular flexibility index (Phi) is 8.54. The molecular formula is C14H27FO10. The van der Waals surface area contributed by atoms with E-state index in [0.29, 0.717) is 0 Å². The fraction of sp³-hybridized carbons (Fsp3) is 1.00. The third-order valence-electron chi connectivity index (χ3n) is 3.98. The minimum absolute atomic E-state index is 0.691. The summed E-state index contributed by atoms with van der Waals surface area (Å²) in [5.41, 5.74) is 0. The molecule has 0 aromatic heterocycles. The molecule has 0 bridgehead atoms. The summed E-state index contributed by atoms with van der Waals surface area (Å²) >= 11 is 0. The summed E-state index contributed by atoms with van der Waals surface area (Å²) < 4.78 is 28.4. The lowest BCUT2D eigenvalue weighted by atomic mass is 9.93. The van der Waals surface area contributed by atoms with E-state index in [1.165, 1.54) is 13.8 Å². The van der Waals surface area contributed by atoms with Crippen molar-refractivity contribution in [2.24, 2.45) is 0 Å². The van der Waals surface area contributed by atoms with Gasteiger partial charge in [0.05, 0.1) is 13.2 Å². The molecule has 5 unspecified atom stereocenters. The van der Waals surface area contributed by atoms with Crippen molar-refractivity contribution in [3.63, 3.8) is 0 Å². The van der Waals surface area contributed by atoms with Crippen LogP contribution in [0.5, 0.6) is 0 Å². The van der Waals surface area contributed by atoms with Crippen LogP contribution in [0.2, 0.25) is 0 Å². The van der Waals surface area contributed by atoms with Gasteiger partial charge in [0.1, 0.15) is 49.4 Å². The lowest BCUT2D eigenvalue weighted by Crippen LogP contribution is -2.66. The Labute approximate surface area is 144 Å². The number of hydrogen-bond acceptors (Lipinski definition) is 10. The van der Waals surface area contributed by atoms with Crippen molar-refractivity contribution in [3.8, 4) is 0 Å². The zero-order valence-electron chi connectivity index (χ0n) is 14.0. The Bertz CT molecular complexity index is 398. The first-order chi connectivity index (χ1) is 11.6. The SMILES string of the molecule is CC(O)[C@H](OC(CO)[C@@H](O)CF)O[C@@]1(C)OC(CO)[C@@H](O)C(O)C1O. The maximum atomic E-state index is 12.6. The lowest BCUT2D eigenvalue weighted by Gasteiger charge is -2.47. The molecule has 0 saturated carbocycles. The van der Waals surface area contributed by atoms with Crippen LogP contribution in [0.4, 0.5) is 4.39 Å². The van der Waals surface area contributed by atoms with Gasteiger partial charge in [-0.15, -0.1) is 0 Å². The molecule has 1 aliphatic heterocycles. The van der Waals surface area contributed by atoms with Crippen molar-refractivity contribution in [1.82, 2.24) is 0 Å². The van der Waals surface area contributed by atoms with Crippen LogP contribution in [0.25, 0.3) is 0 Å². The first-order valence-electron chi connectivity index (χ1n) is 7.80. The van der Waals surface area contributed by atoms with Gasteiger partial charge in [-0.3, -0.25) is 0 Å². The van der Waals surface area contributed by atoms with Crippen molar-refractivity contribution >= 4 is 0 Å². The highest BCUT2D eigenvalue weighted by Gasteiger charge is 2.53. The van der Waals surface area contributed by atoms with Gasteiger partial charge in [0, 0.05) is 0 Å². The van der Waals surface area contributed by atoms with E-state index in [0.717, 1.165) is 0 Å². The predicted octanol–water partition coefficient (Wildman–Crippen LogP) is -3.39. The minimum Gasteiger partial charge on any atom is -0.394 e. The van der Waals surface area contributed by atoms with E-state index in [-0.39, 0.29) is 0 Å². The van der Waals surface area contributed by atoms with Crippen LogP contribution in [-0.4, -0.2) is 110 Å². The number of hydrogen-bond donors (Lipinski definition) is 7. The van der Waals surface area contributed by atoms with Gasteiger partial charge in [0.2, 0.25) is 0 Å². The van der Waals surface area contributed by atoms with Gasteiger partial charge in [-0.05, 0) is 13.8 Å². The molecule has 25 heavy (non-hydrogen) atoms. The molecule has 0 aromatic carbocycles. The first-order valence-corrected chi connectivity index (χ1v) is 7.80. The van der Waals surface area contributed by atoms with E-state index < -0.39 is 74.7 Å². The van der Waals surface area contributed by atoms with Crippen LogP contribution in [0.1, 0.15) is 13.8 Å². The monoisotopic (exact) mass is 374 g/mol. The van der Waals surface area contributed by atoms with Gasteiger partial charge in [-0.1, -0.05) is 0 Å². The minimum atomic E-state index is -2.02. The number of halogens is 1. The largest absolute Gasteiger partial charge is 0.394 e. The van der Waals surface area contributed by atoms with Gasteiger partial charge >= 0.3 is 0 Å². The number of aliphatic hydroxyl groups excluding tert-OH is 7. The maximum absolute atomic E-state index is 12.6. The van der Waals surface area contributed by atoms with Gasteiger partial charge in [-0.25, -0.2) is 4.39 Å². The normalized spacial score (nSPS) is 38.2. The third-order valence-corrected chi connectivity index (χ3v) is 3.98. The summed E-state index contributed by atoms with van der Waals surface area (Å²) in [6.45, 7) is -0.282. The molecule has 1 heterocycles. The molecule has 0 radical (unpaired) electrons. The quantitative estimate of drug-likeness (QED) is 0.202. The van der Waals surface area contributed by atoms with Crippen molar-refractivity contribution in [1.29, 1.82) is 0 Å². The fourth-order valence-electron chi connectivity index (χ4n) is 2.40. The van der Waals surface area contributed by atoms with Gasteiger partial charge < -0.3 is 50.0 Å². The second-order valence-corrected chi connectivity index (χ2v) is 6.09. The molecule has 0 aliphatic carbocycles. The Morgan fingerprint density at radius 2 is 1.76 bits per heavy atom. The Morgan fingerprint density at radius 3 is 2.20 bits per heavy atom. The Morgan fingerprint density at radius 1 is 1.16 bits per heavy atom. The molecule has 0 aromatic rings. The molecule has 7 N–H and O–H groups in total. The average molecular weight is 374 g/mol. The summed E-state index contributed by atoms with van der Waals surface area (Å²) in [7, 11) is 0. The number of rotatable bonds is 9. The molecule has 9 atom stereocenters. The molecule has 10 nitrogen and oxygen atoms in total. The van der Waals surface area contributed by atoms with Gasteiger partial charge in [-0.2, -0.15) is 0 Å². The molecule has 0 spiro atoms. The summed E-state index contributed by atoms with van der Waals surface area (Å²) in [6.07, 6.45) is -12.5. The number of aliphatic hydroxyl groups is 7. The highest BCUT2D eigenvalue weighted by atomic mass is 19.1. The molecule has 1 rings (SSSR count). The average Bonchev–Trinajstić information content (AvgIpc) is 2.59. The van der Waals surface area contributed by atoms with Crippen LogP contribution in [-0.2, 0) is 14.2 Å². The van der Waals surface area contributed by atoms with Crippen molar-refractivity contribution in [2.75, 3.05) is 19.9 Å². The van der Waals surface area contributed by atoms with Crippen LogP contribution < -0.4 is 0 Å². The van der Waals surface area contributed by atoms with E-state index >= 15 is 0 Å². The molecule has 0 amide bonds. The second kappa shape index (κ2) is 9.46. The molecule has 1 aliphatic rings. The van der Waals surface area contributed by atoms with Crippen LogP contribution in [0.3, 0.4) is 0 Å². The first kappa shape index (κ1) is 22.6. The summed E-state index contributed by atoms with van der Waals surface area (Å²) in [5, 5.41) is 67.3. The summed E-state index contributed by atoms with van der Waals surface area (Å²) in [4.78, 5) is 0. The van der Waals surface area contributed by atoms with Crippen LogP contribution in [0, 0.1) is 0 Å². The number of alkyl halides is 1. The zero-order valence-corrected chi connectivity index (χ0v) is 14.0. The third kappa shape index (κ3) is 5.26. The molecule has 11 heteroatoms. The standard InChI is InChI=1S/C14H27FO10/c1-6(18)13(23-8(4-16)7(19)3-15)25-14(2)12(22)11(21)10(20)9(5-17)24-14/h6-13,16-22H,3-5H2,1-2H3/t6?,7-,8?,9?,10+,11?,12?,13+,14+/m0/s1. The van der Waals surface area contributed by atoms with Crippen LogP contribution >= 0.6 is 0 Å². The Balaban J connectivity index is 2.95. The smallest absolute Gasteiger partial charge is 0.197 e. The molecule has 1 saturated heterocycles. The molecular weight excluding hydrogens is 347 g/mol. The number of ether oxygens (including phenoxy) is 3. The fourth-order valence-corrected chi connectivity index (χ4v) is 2.40. The highest BCUT2D eigenvalue weighted by molar-refractivity contribution is 4.95. The van der Waals surface area contributed by atoms with E-state index in [1.54, 1.807) is 0 Å². The van der Waals surface area contributed by atoms with E-state index in [2.05, 4.69) is 0 Å². The van der Waals surface area contributed by atoms with E-state index in [9.17, 15) is 35.0 Å². The molecule has 150 valence electrons. The van der Waals surface area contributed by atoms with E-state index in [4.69, 9.17) is 19.3 Å². The lowest BCUT2D eigenvalue weighted by molar-refractivity contribution is -0.402. The van der Waals surface area contributed by atoms with Crippen LogP contribution in [0.15, 0.2) is 0 Å². The molecule has 1 fully saturated rings. The second-order valence-electron chi connectivity index (χ2n) is 6.09. The predicted molar refractivity (Wildman–Crippen MR) is 78.9 cm³/mol. The van der Waals surface area contributed by atoms with Crippen molar-refractivity contribution in [3.05, 3.63) is 0 Å². The summed E-state index contributed by atoms with van der Waals surface area (Å²) in [5.74, 6) is -2.02. The van der Waals surface area contributed by atoms with Gasteiger partial charge in [0.15, 0.2) is 12.1 Å².